The Hall–Kier alpha value is -1.54. The second-order valence-corrected chi connectivity index (χ2v) is 7.73. The Labute approximate surface area is 154 Å². The smallest absolute Gasteiger partial charge is 0.265 e. The van der Waals surface area contributed by atoms with Crippen LogP contribution in [0.1, 0.15) is 10.4 Å². The Kier molecular flexibility index (Phi) is 5.59. The van der Waals surface area contributed by atoms with Gasteiger partial charge in [-0.15, -0.1) is 0 Å². The summed E-state index contributed by atoms with van der Waals surface area (Å²) in [7, 11) is -0.892. The number of benzene rings is 1. The molecule has 6 nitrogen and oxygen atoms in total. The van der Waals surface area contributed by atoms with Gasteiger partial charge in [0, 0.05) is 19.7 Å². The van der Waals surface area contributed by atoms with Crippen LogP contribution in [-0.2, 0) is 10.0 Å². The van der Waals surface area contributed by atoms with Crippen LogP contribution in [0.4, 0.5) is 5.69 Å². The number of anilines is 1. The van der Waals surface area contributed by atoms with Crippen molar-refractivity contribution in [2.24, 2.45) is 0 Å². The third-order valence-corrected chi connectivity index (χ3v) is 5.27. The van der Waals surface area contributed by atoms with Gasteiger partial charge in [0.2, 0.25) is 0 Å². The standard InChI is InChI=1S/C14H12Cl3N3O3S/c1-20(2)14(21)8-3-4-9(15)10(7-8)19-24(22,23)11-5-6-12(16)18-13(11)17/h3-7,19H,1-2H3. The summed E-state index contributed by atoms with van der Waals surface area (Å²) in [6, 6.07) is 6.80. The molecule has 0 fully saturated rings. The monoisotopic (exact) mass is 407 g/mol. The molecule has 2 aromatic rings. The lowest BCUT2D eigenvalue weighted by Crippen LogP contribution is -2.22. The van der Waals surface area contributed by atoms with Crippen molar-refractivity contribution < 1.29 is 13.2 Å². The maximum atomic E-state index is 12.5. The molecule has 24 heavy (non-hydrogen) atoms. The Balaban J connectivity index is 2.42. The minimum atomic E-state index is -4.06. The molecule has 1 aromatic carbocycles. The second kappa shape index (κ2) is 7.14. The maximum Gasteiger partial charge on any atom is 0.265 e. The van der Waals surface area contributed by atoms with Crippen molar-refractivity contribution in [2.75, 3.05) is 18.8 Å². The fourth-order valence-electron chi connectivity index (χ4n) is 1.79. The number of halogens is 3. The van der Waals surface area contributed by atoms with E-state index in [-0.39, 0.29) is 37.4 Å². The average Bonchev–Trinajstić information content (AvgIpc) is 2.48. The number of hydrogen-bond donors (Lipinski definition) is 1. The molecule has 0 unspecified atom stereocenters. The molecule has 2 rings (SSSR count). The van der Waals surface area contributed by atoms with Gasteiger partial charge < -0.3 is 4.90 Å². The van der Waals surface area contributed by atoms with Crippen LogP contribution < -0.4 is 4.72 Å². The second-order valence-electron chi connectivity index (χ2n) is 4.92. The van der Waals surface area contributed by atoms with Crippen LogP contribution in [0.15, 0.2) is 35.2 Å². The zero-order valence-electron chi connectivity index (χ0n) is 12.5. The van der Waals surface area contributed by atoms with Crippen LogP contribution in [0.25, 0.3) is 0 Å². The first-order valence-electron chi connectivity index (χ1n) is 6.48. The molecule has 0 aliphatic heterocycles. The molecule has 1 aromatic heterocycles. The summed E-state index contributed by atoms with van der Waals surface area (Å²) in [4.78, 5) is 16.8. The van der Waals surface area contributed by atoms with Crippen LogP contribution in [0.5, 0.6) is 0 Å². The van der Waals surface area contributed by atoms with Gasteiger partial charge in [-0.05, 0) is 30.3 Å². The molecular weight excluding hydrogens is 397 g/mol. The van der Waals surface area contributed by atoms with E-state index in [4.69, 9.17) is 34.8 Å². The van der Waals surface area contributed by atoms with Crippen LogP contribution in [-0.4, -0.2) is 38.3 Å². The average molecular weight is 409 g/mol. The minimum Gasteiger partial charge on any atom is -0.345 e. The van der Waals surface area contributed by atoms with Gasteiger partial charge in [0.25, 0.3) is 15.9 Å². The molecule has 0 aliphatic carbocycles. The van der Waals surface area contributed by atoms with E-state index in [0.717, 1.165) is 0 Å². The topological polar surface area (TPSA) is 79.4 Å². The van der Waals surface area contributed by atoms with Crippen molar-refractivity contribution in [2.45, 2.75) is 4.90 Å². The lowest BCUT2D eigenvalue weighted by Gasteiger charge is -2.14. The molecule has 0 aliphatic rings. The summed E-state index contributed by atoms with van der Waals surface area (Å²) in [6.45, 7) is 0. The number of pyridine rings is 1. The van der Waals surface area contributed by atoms with E-state index >= 15 is 0 Å². The van der Waals surface area contributed by atoms with E-state index in [2.05, 4.69) is 9.71 Å². The largest absolute Gasteiger partial charge is 0.345 e. The summed E-state index contributed by atoms with van der Waals surface area (Å²) < 4.78 is 27.2. The number of carbonyl (C=O) groups excluding carboxylic acids is 1. The van der Waals surface area contributed by atoms with Gasteiger partial charge >= 0.3 is 0 Å². The molecule has 1 N–H and O–H groups in total. The predicted octanol–water partition coefficient (Wildman–Crippen LogP) is 3.54. The summed E-state index contributed by atoms with van der Waals surface area (Å²) in [5, 5.41) is -0.0749. The maximum absolute atomic E-state index is 12.5. The number of sulfonamides is 1. The number of hydrogen-bond acceptors (Lipinski definition) is 4. The number of rotatable bonds is 4. The molecule has 0 atom stereocenters. The first kappa shape index (κ1) is 18.8. The molecule has 128 valence electrons. The molecular formula is C14H12Cl3N3O3S. The number of nitrogens with one attached hydrogen (secondary N) is 1. The predicted molar refractivity (Wildman–Crippen MR) is 94.5 cm³/mol. The van der Waals surface area contributed by atoms with Crippen molar-refractivity contribution in [1.82, 2.24) is 9.88 Å². The number of amides is 1. The molecule has 1 heterocycles. The molecule has 0 spiro atoms. The third kappa shape index (κ3) is 4.10. The van der Waals surface area contributed by atoms with Crippen molar-refractivity contribution in [3.63, 3.8) is 0 Å². The van der Waals surface area contributed by atoms with Crippen molar-refractivity contribution in [3.8, 4) is 0 Å². The molecule has 10 heteroatoms. The highest BCUT2D eigenvalue weighted by molar-refractivity contribution is 7.92. The molecule has 0 saturated heterocycles. The molecule has 0 bridgehead atoms. The first-order chi connectivity index (χ1) is 11.1. The van der Waals surface area contributed by atoms with Gasteiger partial charge in [0.1, 0.15) is 10.0 Å². The number of carbonyl (C=O) groups is 1. The van der Waals surface area contributed by atoms with Gasteiger partial charge in [-0.3, -0.25) is 9.52 Å². The number of nitrogens with zero attached hydrogens (tertiary/aromatic N) is 2. The zero-order valence-corrected chi connectivity index (χ0v) is 15.6. The lowest BCUT2D eigenvalue weighted by molar-refractivity contribution is 0.0827. The van der Waals surface area contributed by atoms with Gasteiger partial charge in [-0.25, -0.2) is 13.4 Å². The third-order valence-electron chi connectivity index (χ3n) is 2.93. The van der Waals surface area contributed by atoms with Crippen molar-refractivity contribution >= 4 is 56.4 Å². The van der Waals surface area contributed by atoms with E-state index in [1.54, 1.807) is 14.1 Å². The van der Waals surface area contributed by atoms with E-state index < -0.39 is 10.0 Å². The highest BCUT2D eigenvalue weighted by Crippen LogP contribution is 2.28. The Morgan fingerprint density at radius 1 is 1.12 bits per heavy atom. The Bertz CT molecular complexity index is 901. The van der Waals surface area contributed by atoms with Gasteiger partial charge in [0.15, 0.2) is 5.15 Å². The van der Waals surface area contributed by atoms with Crippen molar-refractivity contribution in [3.05, 3.63) is 51.2 Å². The van der Waals surface area contributed by atoms with Crippen LogP contribution in [0.3, 0.4) is 0 Å². The molecule has 1 amide bonds. The fourth-order valence-corrected chi connectivity index (χ4v) is 3.75. The lowest BCUT2D eigenvalue weighted by atomic mass is 10.2. The van der Waals surface area contributed by atoms with Crippen LogP contribution in [0, 0.1) is 0 Å². The van der Waals surface area contributed by atoms with E-state index in [1.165, 1.54) is 35.2 Å². The Morgan fingerprint density at radius 2 is 1.79 bits per heavy atom. The van der Waals surface area contributed by atoms with Crippen LogP contribution >= 0.6 is 34.8 Å². The SMILES string of the molecule is CN(C)C(=O)c1ccc(Cl)c(NS(=O)(=O)c2ccc(Cl)nc2Cl)c1. The first-order valence-corrected chi connectivity index (χ1v) is 9.09. The fraction of sp³-hybridized carbons (Fsp3) is 0.143. The quantitative estimate of drug-likeness (QED) is 0.785. The summed E-state index contributed by atoms with van der Waals surface area (Å²) >= 11 is 17.5. The highest BCUT2D eigenvalue weighted by atomic mass is 35.5. The Morgan fingerprint density at radius 3 is 2.38 bits per heavy atom. The molecule has 0 radical (unpaired) electrons. The highest BCUT2D eigenvalue weighted by Gasteiger charge is 2.21. The van der Waals surface area contributed by atoms with E-state index in [0.29, 0.717) is 0 Å². The summed E-state index contributed by atoms with van der Waals surface area (Å²) in [5.41, 5.74) is 0.331. The van der Waals surface area contributed by atoms with Gasteiger partial charge in [-0.1, -0.05) is 34.8 Å². The summed E-state index contributed by atoms with van der Waals surface area (Å²) in [5.74, 6) is -0.293. The zero-order chi connectivity index (χ0) is 18.1. The molecule has 0 saturated carbocycles. The van der Waals surface area contributed by atoms with E-state index in [9.17, 15) is 13.2 Å². The van der Waals surface area contributed by atoms with Crippen molar-refractivity contribution in [1.29, 1.82) is 0 Å². The normalized spacial score (nSPS) is 11.2. The van der Waals surface area contributed by atoms with Gasteiger partial charge in [-0.2, -0.15) is 0 Å². The number of aromatic nitrogens is 1. The van der Waals surface area contributed by atoms with Crippen LogP contribution in [0.2, 0.25) is 15.3 Å². The van der Waals surface area contributed by atoms with E-state index in [1.807, 2.05) is 0 Å². The van der Waals surface area contributed by atoms with Gasteiger partial charge in [0.05, 0.1) is 10.7 Å². The minimum absolute atomic E-state index is 0.0513. The summed E-state index contributed by atoms with van der Waals surface area (Å²) in [6.07, 6.45) is 0.